The highest BCUT2D eigenvalue weighted by atomic mass is 32.2. The second-order valence-electron chi connectivity index (χ2n) is 3.17. The summed E-state index contributed by atoms with van der Waals surface area (Å²) in [6, 6.07) is 6.20. The van der Waals surface area contributed by atoms with E-state index in [9.17, 15) is 0 Å². The van der Waals surface area contributed by atoms with Crippen molar-refractivity contribution in [2.24, 2.45) is 10.7 Å². The quantitative estimate of drug-likeness (QED) is 0.599. The Hall–Kier alpha value is -0.960. The van der Waals surface area contributed by atoms with Gasteiger partial charge in [-0.25, -0.2) is 4.99 Å². The molecule has 2 N–H and O–H groups in total. The minimum Gasteiger partial charge on any atom is -0.378 e. The maximum atomic E-state index is 5.75. The third-order valence-corrected chi connectivity index (χ3v) is 2.56. The molecule has 0 saturated carbocycles. The van der Waals surface area contributed by atoms with Crippen molar-refractivity contribution in [3.8, 4) is 0 Å². The molecule has 0 aliphatic heterocycles. The first-order valence-corrected chi connectivity index (χ1v) is 5.66. The second-order valence-corrected chi connectivity index (χ2v) is 4.46. The van der Waals surface area contributed by atoms with E-state index in [2.05, 4.69) is 37.0 Å². The highest BCUT2D eigenvalue weighted by Gasteiger charge is 1.98. The average molecular weight is 208 g/mol. The van der Waals surface area contributed by atoms with Gasteiger partial charge in [-0.2, -0.15) is 0 Å². The van der Waals surface area contributed by atoms with Crippen molar-refractivity contribution in [2.45, 2.75) is 20.8 Å². The van der Waals surface area contributed by atoms with Crippen LogP contribution in [0.1, 0.15) is 18.1 Å². The van der Waals surface area contributed by atoms with Crippen LogP contribution < -0.4 is 5.73 Å². The fraction of sp³-hybridized carbons (Fsp3) is 0.364. The molecule has 76 valence electrons. The van der Waals surface area contributed by atoms with E-state index in [-0.39, 0.29) is 0 Å². The maximum Gasteiger partial charge on any atom is 0.159 e. The van der Waals surface area contributed by atoms with Crippen LogP contribution in [0.4, 0.5) is 5.69 Å². The van der Waals surface area contributed by atoms with E-state index in [4.69, 9.17) is 5.73 Å². The maximum absolute atomic E-state index is 5.75. The Bertz CT molecular complexity index is 345. The van der Waals surface area contributed by atoms with Crippen LogP contribution in [-0.4, -0.2) is 10.9 Å². The summed E-state index contributed by atoms with van der Waals surface area (Å²) in [4.78, 5) is 4.37. The van der Waals surface area contributed by atoms with E-state index < -0.39 is 0 Å². The highest BCUT2D eigenvalue weighted by Crippen LogP contribution is 2.20. The molecule has 1 aromatic carbocycles. The first-order chi connectivity index (χ1) is 6.63. The Kier molecular flexibility index (Phi) is 4.01. The molecule has 0 unspecified atom stereocenters. The Labute approximate surface area is 89.6 Å². The van der Waals surface area contributed by atoms with Gasteiger partial charge < -0.3 is 5.73 Å². The number of aryl methyl sites for hydroxylation is 2. The molecule has 0 radical (unpaired) electrons. The molecular formula is C11H16N2S. The summed E-state index contributed by atoms with van der Waals surface area (Å²) in [5, 5.41) is 0.640. The normalized spacial score (nSPS) is 11.8. The van der Waals surface area contributed by atoms with E-state index >= 15 is 0 Å². The summed E-state index contributed by atoms with van der Waals surface area (Å²) in [6.45, 7) is 6.17. The molecule has 0 fully saturated rings. The fourth-order valence-corrected chi connectivity index (χ4v) is 1.60. The number of rotatable bonds is 2. The van der Waals surface area contributed by atoms with Crippen molar-refractivity contribution >= 4 is 22.6 Å². The molecule has 0 spiro atoms. The Balaban J connectivity index is 2.95. The van der Waals surface area contributed by atoms with Crippen molar-refractivity contribution in [2.75, 3.05) is 5.75 Å². The van der Waals surface area contributed by atoms with E-state index in [1.807, 2.05) is 6.92 Å². The lowest BCUT2D eigenvalue weighted by atomic mass is 10.1. The van der Waals surface area contributed by atoms with E-state index in [0.717, 1.165) is 17.0 Å². The van der Waals surface area contributed by atoms with Gasteiger partial charge in [-0.05, 0) is 36.8 Å². The molecule has 0 saturated heterocycles. The minimum atomic E-state index is 0.640. The van der Waals surface area contributed by atoms with Gasteiger partial charge in [-0.3, -0.25) is 0 Å². The zero-order valence-corrected chi connectivity index (χ0v) is 9.69. The Morgan fingerprint density at radius 1 is 1.43 bits per heavy atom. The third kappa shape index (κ3) is 3.07. The molecule has 0 aromatic heterocycles. The van der Waals surface area contributed by atoms with Crippen molar-refractivity contribution in [1.29, 1.82) is 0 Å². The topological polar surface area (TPSA) is 38.4 Å². The zero-order chi connectivity index (χ0) is 10.6. The average Bonchev–Trinajstić information content (AvgIpc) is 2.12. The van der Waals surface area contributed by atoms with Crippen LogP contribution in [0.15, 0.2) is 23.2 Å². The monoisotopic (exact) mass is 208 g/mol. The molecular weight excluding hydrogens is 192 g/mol. The third-order valence-electron chi connectivity index (χ3n) is 1.89. The number of nitrogens with zero attached hydrogens (tertiary/aromatic N) is 1. The molecule has 14 heavy (non-hydrogen) atoms. The summed E-state index contributed by atoms with van der Waals surface area (Å²) in [6.07, 6.45) is 0. The van der Waals surface area contributed by atoms with Crippen molar-refractivity contribution in [3.63, 3.8) is 0 Å². The van der Waals surface area contributed by atoms with Gasteiger partial charge in [0.1, 0.15) is 0 Å². The molecule has 0 heterocycles. The first kappa shape index (κ1) is 11.1. The van der Waals surface area contributed by atoms with Gasteiger partial charge in [-0.15, -0.1) is 0 Å². The highest BCUT2D eigenvalue weighted by molar-refractivity contribution is 8.13. The SMILES string of the molecule is CCSC(N)=Nc1cc(C)ccc1C. The van der Waals surface area contributed by atoms with Gasteiger partial charge in [0.25, 0.3) is 0 Å². The lowest BCUT2D eigenvalue weighted by molar-refractivity contribution is 1.35. The number of amidine groups is 1. The van der Waals surface area contributed by atoms with Crippen LogP contribution >= 0.6 is 11.8 Å². The van der Waals surface area contributed by atoms with Crippen molar-refractivity contribution in [1.82, 2.24) is 0 Å². The summed E-state index contributed by atoms with van der Waals surface area (Å²) in [7, 11) is 0. The summed E-state index contributed by atoms with van der Waals surface area (Å²) in [5.74, 6) is 0.959. The van der Waals surface area contributed by atoms with E-state index in [1.54, 1.807) is 11.8 Å². The molecule has 1 aromatic rings. The van der Waals surface area contributed by atoms with Crippen LogP contribution in [0.3, 0.4) is 0 Å². The van der Waals surface area contributed by atoms with E-state index in [0.29, 0.717) is 5.17 Å². The number of hydrogen-bond acceptors (Lipinski definition) is 2. The molecule has 3 heteroatoms. The number of thioether (sulfide) groups is 1. The summed E-state index contributed by atoms with van der Waals surface area (Å²) in [5.41, 5.74) is 9.10. The summed E-state index contributed by atoms with van der Waals surface area (Å²) >= 11 is 1.57. The number of aliphatic imine (C=N–C) groups is 1. The number of benzene rings is 1. The fourth-order valence-electron chi connectivity index (χ4n) is 1.14. The van der Waals surface area contributed by atoms with Crippen LogP contribution in [0.2, 0.25) is 0 Å². The van der Waals surface area contributed by atoms with Gasteiger partial charge >= 0.3 is 0 Å². The van der Waals surface area contributed by atoms with Gasteiger partial charge in [0, 0.05) is 0 Å². The van der Waals surface area contributed by atoms with Crippen LogP contribution in [0.5, 0.6) is 0 Å². The molecule has 0 atom stereocenters. The predicted octanol–water partition coefficient (Wildman–Crippen LogP) is 3.00. The lowest BCUT2D eigenvalue weighted by Gasteiger charge is -2.03. The van der Waals surface area contributed by atoms with Gasteiger partial charge in [0.15, 0.2) is 5.17 Å². The zero-order valence-electron chi connectivity index (χ0n) is 8.87. The van der Waals surface area contributed by atoms with Gasteiger partial charge in [0.05, 0.1) is 5.69 Å². The Morgan fingerprint density at radius 3 is 2.79 bits per heavy atom. The standard InChI is InChI=1S/C11H16N2S/c1-4-14-11(12)13-10-7-8(2)5-6-9(10)3/h5-7H,4H2,1-3H3,(H2,12,13). The van der Waals surface area contributed by atoms with E-state index in [1.165, 1.54) is 5.56 Å². The molecule has 0 aliphatic carbocycles. The van der Waals surface area contributed by atoms with Gasteiger partial charge in [-0.1, -0.05) is 30.8 Å². The van der Waals surface area contributed by atoms with Gasteiger partial charge in [0.2, 0.25) is 0 Å². The number of hydrogen-bond donors (Lipinski definition) is 1. The summed E-state index contributed by atoms with van der Waals surface area (Å²) < 4.78 is 0. The minimum absolute atomic E-state index is 0.640. The largest absolute Gasteiger partial charge is 0.378 e. The van der Waals surface area contributed by atoms with Crippen LogP contribution in [0, 0.1) is 13.8 Å². The smallest absolute Gasteiger partial charge is 0.159 e. The van der Waals surface area contributed by atoms with Crippen molar-refractivity contribution < 1.29 is 0 Å². The molecule has 1 rings (SSSR count). The van der Waals surface area contributed by atoms with Crippen molar-refractivity contribution in [3.05, 3.63) is 29.3 Å². The first-order valence-electron chi connectivity index (χ1n) is 4.67. The van der Waals surface area contributed by atoms with Crippen LogP contribution in [-0.2, 0) is 0 Å². The molecule has 0 amide bonds. The molecule has 2 nitrogen and oxygen atoms in total. The second kappa shape index (κ2) is 5.05. The number of nitrogens with two attached hydrogens (primary N) is 1. The predicted molar refractivity (Wildman–Crippen MR) is 65.3 cm³/mol. The molecule has 0 aliphatic rings. The Morgan fingerprint density at radius 2 is 2.14 bits per heavy atom. The van der Waals surface area contributed by atoms with Crippen LogP contribution in [0.25, 0.3) is 0 Å². The molecule has 0 bridgehead atoms. The lowest BCUT2D eigenvalue weighted by Crippen LogP contribution is -2.05.